The van der Waals surface area contributed by atoms with Gasteiger partial charge in [-0.25, -0.2) is 0 Å². The minimum Gasteiger partial charge on any atom is -0.476 e. The molecule has 0 atom stereocenters. The molecule has 5 heteroatoms. The van der Waals surface area contributed by atoms with Gasteiger partial charge in [-0.2, -0.15) is 4.98 Å². The first kappa shape index (κ1) is 13.7. The van der Waals surface area contributed by atoms with E-state index in [4.69, 9.17) is 4.74 Å². The summed E-state index contributed by atoms with van der Waals surface area (Å²) < 4.78 is 5.51. The molecule has 0 fully saturated rings. The van der Waals surface area contributed by atoms with E-state index < -0.39 is 0 Å². The van der Waals surface area contributed by atoms with E-state index in [1.807, 2.05) is 14.1 Å². The number of anilines is 1. The van der Waals surface area contributed by atoms with Gasteiger partial charge in [0.15, 0.2) is 0 Å². The van der Waals surface area contributed by atoms with Crippen molar-refractivity contribution in [3.05, 3.63) is 12.4 Å². The normalized spacial score (nSPS) is 10.9. The van der Waals surface area contributed by atoms with E-state index >= 15 is 0 Å². The highest BCUT2D eigenvalue weighted by atomic mass is 16.5. The number of ether oxygens (including phenoxy) is 1. The van der Waals surface area contributed by atoms with Crippen molar-refractivity contribution < 1.29 is 4.74 Å². The zero-order valence-corrected chi connectivity index (χ0v) is 11.1. The Hall–Kier alpha value is -1.36. The Morgan fingerprint density at radius 2 is 2.12 bits per heavy atom. The van der Waals surface area contributed by atoms with Gasteiger partial charge < -0.3 is 15.0 Å². The largest absolute Gasteiger partial charge is 0.476 e. The van der Waals surface area contributed by atoms with E-state index in [0.717, 1.165) is 18.9 Å². The van der Waals surface area contributed by atoms with Gasteiger partial charge in [0.05, 0.1) is 19.0 Å². The second kappa shape index (κ2) is 7.06. The average Bonchev–Trinajstić information content (AvgIpc) is 2.26. The summed E-state index contributed by atoms with van der Waals surface area (Å²) in [6.07, 6.45) is 3.34. The van der Waals surface area contributed by atoms with E-state index in [0.29, 0.717) is 18.4 Å². The number of hydrogen-bond donors (Lipinski definition) is 1. The Labute approximate surface area is 103 Å². The molecule has 0 amide bonds. The van der Waals surface area contributed by atoms with Gasteiger partial charge in [0, 0.05) is 13.1 Å². The third-order valence-corrected chi connectivity index (χ3v) is 2.04. The molecule has 0 saturated heterocycles. The van der Waals surface area contributed by atoms with Crippen molar-refractivity contribution in [2.75, 3.05) is 39.1 Å². The predicted octanol–water partition coefficient (Wildman–Crippen LogP) is 1.48. The molecular formula is C12H22N4O. The highest BCUT2D eigenvalue weighted by Gasteiger charge is 2.01. The van der Waals surface area contributed by atoms with Crippen LogP contribution in [-0.2, 0) is 0 Å². The molecule has 0 aliphatic heterocycles. The third kappa shape index (κ3) is 6.06. The fraction of sp³-hybridized carbons (Fsp3) is 0.667. The lowest BCUT2D eigenvalue weighted by Crippen LogP contribution is -2.21. The van der Waals surface area contributed by atoms with Gasteiger partial charge in [0.25, 0.3) is 0 Å². The summed E-state index contributed by atoms with van der Waals surface area (Å²) in [4.78, 5) is 10.5. The molecule has 1 aromatic heterocycles. The van der Waals surface area contributed by atoms with Crippen LogP contribution in [0.15, 0.2) is 12.4 Å². The number of nitrogens with one attached hydrogen (secondary N) is 1. The van der Waals surface area contributed by atoms with Crippen LogP contribution < -0.4 is 10.1 Å². The highest BCUT2D eigenvalue weighted by Crippen LogP contribution is 2.09. The molecule has 5 nitrogen and oxygen atoms in total. The highest BCUT2D eigenvalue weighted by molar-refractivity contribution is 5.33. The molecule has 1 aromatic rings. The first-order chi connectivity index (χ1) is 8.08. The predicted molar refractivity (Wildman–Crippen MR) is 69.4 cm³/mol. The molecule has 0 aliphatic rings. The van der Waals surface area contributed by atoms with Crippen LogP contribution in [0.1, 0.15) is 13.8 Å². The van der Waals surface area contributed by atoms with Crippen molar-refractivity contribution in [1.82, 2.24) is 14.9 Å². The Morgan fingerprint density at radius 3 is 2.76 bits per heavy atom. The number of nitrogens with zero attached hydrogens (tertiary/aromatic N) is 3. The van der Waals surface area contributed by atoms with Crippen molar-refractivity contribution >= 4 is 5.82 Å². The van der Waals surface area contributed by atoms with Crippen molar-refractivity contribution in [2.45, 2.75) is 13.8 Å². The minimum absolute atomic E-state index is 0.488. The second-order valence-electron chi connectivity index (χ2n) is 4.68. The molecule has 17 heavy (non-hydrogen) atoms. The molecule has 96 valence electrons. The first-order valence-electron chi connectivity index (χ1n) is 5.91. The topological polar surface area (TPSA) is 50.3 Å². The molecule has 0 radical (unpaired) electrons. The van der Waals surface area contributed by atoms with Crippen LogP contribution in [0, 0.1) is 5.92 Å². The van der Waals surface area contributed by atoms with Crippen LogP contribution in [0.4, 0.5) is 5.82 Å². The Kier molecular flexibility index (Phi) is 5.69. The zero-order chi connectivity index (χ0) is 12.7. The van der Waals surface area contributed by atoms with E-state index in [9.17, 15) is 0 Å². The number of aromatic nitrogens is 2. The van der Waals surface area contributed by atoms with Gasteiger partial charge in [0.2, 0.25) is 5.88 Å². The lowest BCUT2D eigenvalue weighted by atomic mass is 10.2. The maximum atomic E-state index is 5.51. The zero-order valence-electron chi connectivity index (χ0n) is 11.1. The van der Waals surface area contributed by atoms with Gasteiger partial charge >= 0.3 is 0 Å². The number of rotatable bonds is 7. The van der Waals surface area contributed by atoms with Gasteiger partial charge in [-0.05, 0) is 20.0 Å². The molecule has 0 saturated carbocycles. The summed E-state index contributed by atoms with van der Waals surface area (Å²) in [5.41, 5.74) is 0. The minimum atomic E-state index is 0.488. The molecule has 0 bridgehead atoms. The van der Waals surface area contributed by atoms with Crippen LogP contribution in [0.2, 0.25) is 0 Å². The summed E-state index contributed by atoms with van der Waals surface area (Å²) in [7, 11) is 4.07. The lowest BCUT2D eigenvalue weighted by Gasteiger charge is -2.11. The van der Waals surface area contributed by atoms with Crippen LogP contribution >= 0.6 is 0 Å². The van der Waals surface area contributed by atoms with E-state index in [1.54, 1.807) is 12.4 Å². The molecule has 1 N–H and O–H groups in total. The summed E-state index contributed by atoms with van der Waals surface area (Å²) in [6, 6.07) is 0. The summed E-state index contributed by atoms with van der Waals surface area (Å²) >= 11 is 0. The van der Waals surface area contributed by atoms with Crippen molar-refractivity contribution in [3.8, 4) is 5.88 Å². The summed E-state index contributed by atoms with van der Waals surface area (Å²) in [6.45, 7) is 6.67. The van der Waals surface area contributed by atoms with E-state index in [-0.39, 0.29) is 0 Å². The van der Waals surface area contributed by atoms with Crippen LogP contribution in [0.5, 0.6) is 5.88 Å². The van der Waals surface area contributed by atoms with Gasteiger partial charge in [-0.1, -0.05) is 13.8 Å². The summed E-state index contributed by atoms with van der Waals surface area (Å²) in [5.74, 6) is 1.82. The number of hydrogen-bond acceptors (Lipinski definition) is 5. The van der Waals surface area contributed by atoms with Crippen LogP contribution in [0.3, 0.4) is 0 Å². The summed E-state index contributed by atoms with van der Waals surface area (Å²) in [5, 5.41) is 3.21. The first-order valence-corrected chi connectivity index (χ1v) is 5.91. The second-order valence-corrected chi connectivity index (χ2v) is 4.68. The van der Waals surface area contributed by atoms with Crippen LogP contribution in [0.25, 0.3) is 0 Å². The molecular weight excluding hydrogens is 216 g/mol. The Morgan fingerprint density at radius 1 is 1.35 bits per heavy atom. The Bertz CT molecular complexity index is 328. The molecule has 1 heterocycles. The van der Waals surface area contributed by atoms with E-state index in [1.165, 1.54) is 0 Å². The molecule has 0 spiro atoms. The smallest absolute Gasteiger partial charge is 0.234 e. The SMILES string of the molecule is CC(C)COc1cncc(NCCN(C)C)n1. The Balaban J connectivity index is 2.42. The van der Waals surface area contributed by atoms with Gasteiger partial charge in [-0.15, -0.1) is 0 Å². The van der Waals surface area contributed by atoms with Crippen molar-refractivity contribution in [2.24, 2.45) is 5.92 Å². The van der Waals surface area contributed by atoms with Gasteiger partial charge in [0.1, 0.15) is 5.82 Å². The quantitative estimate of drug-likeness (QED) is 0.780. The molecule has 0 aromatic carbocycles. The molecule has 0 aliphatic carbocycles. The lowest BCUT2D eigenvalue weighted by molar-refractivity contribution is 0.260. The maximum absolute atomic E-state index is 5.51. The fourth-order valence-electron chi connectivity index (χ4n) is 1.16. The number of likely N-dealkylation sites (N-methyl/N-ethyl adjacent to an activating group) is 1. The molecule has 0 unspecified atom stereocenters. The molecule has 1 rings (SSSR count). The van der Waals surface area contributed by atoms with Crippen molar-refractivity contribution in [3.63, 3.8) is 0 Å². The fourth-order valence-corrected chi connectivity index (χ4v) is 1.16. The average molecular weight is 238 g/mol. The monoisotopic (exact) mass is 238 g/mol. The maximum Gasteiger partial charge on any atom is 0.234 e. The third-order valence-electron chi connectivity index (χ3n) is 2.04. The standard InChI is InChI=1S/C12H22N4O/c1-10(2)9-17-12-8-13-7-11(15-12)14-5-6-16(3)4/h7-8,10H,5-6,9H2,1-4H3,(H,14,15). The van der Waals surface area contributed by atoms with E-state index in [2.05, 4.69) is 34.0 Å². The van der Waals surface area contributed by atoms with Crippen molar-refractivity contribution in [1.29, 1.82) is 0 Å². The van der Waals surface area contributed by atoms with Crippen LogP contribution in [-0.4, -0.2) is 48.7 Å². The van der Waals surface area contributed by atoms with Gasteiger partial charge in [-0.3, -0.25) is 4.98 Å².